The summed E-state index contributed by atoms with van der Waals surface area (Å²) in [6.07, 6.45) is 0. The average molecular weight is 332 g/mol. The minimum absolute atomic E-state index is 0.323. The van der Waals surface area contributed by atoms with Crippen molar-refractivity contribution in [2.75, 3.05) is 7.11 Å². The standard InChI is InChI=1S/C17H11Cl2NO2/c1-22-17(21)11-6-5-10-3-2-4-12(14(10)9-11)13-7-8-15(18)20-16(13)19/h2-9H,1H3. The number of methoxy groups -OCH3 is 1. The van der Waals surface area contributed by atoms with Gasteiger partial charge in [0.05, 0.1) is 12.7 Å². The van der Waals surface area contributed by atoms with Crippen molar-refractivity contribution in [2.45, 2.75) is 0 Å². The maximum atomic E-state index is 11.7. The quantitative estimate of drug-likeness (QED) is 0.490. The average Bonchev–Trinajstić information content (AvgIpc) is 2.53. The maximum Gasteiger partial charge on any atom is 0.337 e. The Morgan fingerprint density at radius 1 is 1.05 bits per heavy atom. The largest absolute Gasteiger partial charge is 0.465 e. The van der Waals surface area contributed by atoms with Gasteiger partial charge in [0, 0.05) is 5.56 Å². The first-order chi connectivity index (χ1) is 10.6. The van der Waals surface area contributed by atoms with E-state index in [-0.39, 0.29) is 5.97 Å². The number of rotatable bonds is 2. The Balaban J connectivity index is 2.26. The van der Waals surface area contributed by atoms with Crippen LogP contribution in [-0.4, -0.2) is 18.1 Å². The van der Waals surface area contributed by atoms with Gasteiger partial charge in [-0.3, -0.25) is 0 Å². The second-order valence-corrected chi connectivity index (χ2v) is 5.45. The Kier molecular flexibility index (Phi) is 4.01. The van der Waals surface area contributed by atoms with Gasteiger partial charge in [-0.05, 0) is 40.6 Å². The van der Waals surface area contributed by atoms with Crippen molar-refractivity contribution in [3.8, 4) is 11.1 Å². The second-order valence-electron chi connectivity index (χ2n) is 4.71. The lowest BCUT2D eigenvalue weighted by atomic mass is 9.98. The zero-order valence-electron chi connectivity index (χ0n) is 11.6. The summed E-state index contributed by atoms with van der Waals surface area (Å²) in [5.74, 6) is -0.378. The van der Waals surface area contributed by atoms with Crippen LogP contribution in [0.2, 0.25) is 10.3 Å². The first-order valence-electron chi connectivity index (χ1n) is 6.53. The molecule has 0 unspecified atom stereocenters. The van der Waals surface area contributed by atoms with Crippen LogP contribution in [0.1, 0.15) is 10.4 Å². The summed E-state index contributed by atoms with van der Waals surface area (Å²) in [4.78, 5) is 15.8. The maximum absolute atomic E-state index is 11.7. The number of benzene rings is 2. The van der Waals surface area contributed by atoms with Crippen LogP contribution in [0, 0.1) is 0 Å². The van der Waals surface area contributed by atoms with Crippen LogP contribution in [0.3, 0.4) is 0 Å². The van der Waals surface area contributed by atoms with Gasteiger partial charge in [0.1, 0.15) is 10.3 Å². The summed E-state index contributed by atoms with van der Waals surface area (Å²) in [5.41, 5.74) is 2.14. The molecule has 3 aromatic rings. The fourth-order valence-electron chi connectivity index (χ4n) is 2.37. The summed E-state index contributed by atoms with van der Waals surface area (Å²) >= 11 is 12.1. The number of hydrogen-bond donors (Lipinski definition) is 0. The number of pyridine rings is 1. The summed E-state index contributed by atoms with van der Waals surface area (Å²) in [7, 11) is 1.36. The second kappa shape index (κ2) is 5.95. The number of hydrogen-bond acceptors (Lipinski definition) is 3. The van der Waals surface area contributed by atoms with Crippen LogP contribution in [0.15, 0.2) is 48.5 Å². The number of ether oxygens (including phenoxy) is 1. The Labute approximate surface area is 137 Å². The van der Waals surface area contributed by atoms with Gasteiger partial charge in [-0.2, -0.15) is 0 Å². The molecule has 2 aromatic carbocycles. The van der Waals surface area contributed by atoms with Crippen molar-refractivity contribution < 1.29 is 9.53 Å². The predicted octanol–water partition coefficient (Wildman–Crippen LogP) is 5.00. The molecule has 0 radical (unpaired) electrons. The summed E-state index contributed by atoms with van der Waals surface area (Å²) in [5, 5.41) is 2.56. The highest BCUT2D eigenvalue weighted by atomic mass is 35.5. The molecule has 0 bridgehead atoms. The minimum Gasteiger partial charge on any atom is -0.465 e. The van der Waals surface area contributed by atoms with Crippen LogP contribution in [-0.2, 0) is 4.74 Å². The molecular weight excluding hydrogens is 321 g/mol. The van der Waals surface area contributed by atoms with E-state index in [9.17, 15) is 4.79 Å². The highest BCUT2D eigenvalue weighted by Crippen LogP contribution is 2.33. The number of carbonyl (C=O) groups excluding carboxylic acids is 1. The van der Waals surface area contributed by atoms with Gasteiger partial charge in [-0.1, -0.05) is 47.5 Å². The molecule has 22 heavy (non-hydrogen) atoms. The van der Waals surface area contributed by atoms with E-state index in [1.54, 1.807) is 18.2 Å². The van der Waals surface area contributed by atoms with Gasteiger partial charge in [0.2, 0.25) is 0 Å². The summed E-state index contributed by atoms with van der Waals surface area (Å²) < 4.78 is 4.78. The van der Waals surface area contributed by atoms with E-state index < -0.39 is 0 Å². The first-order valence-corrected chi connectivity index (χ1v) is 7.29. The van der Waals surface area contributed by atoms with Gasteiger partial charge in [0.25, 0.3) is 0 Å². The monoisotopic (exact) mass is 331 g/mol. The molecule has 0 atom stereocenters. The molecular formula is C17H11Cl2NO2. The van der Waals surface area contributed by atoms with E-state index in [0.717, 1.165) is 21.9 Å². The van der Waals surface area contributed by atoms with E-state index in [2.05, 4.69) is 4.98 Å². The normalized spacial score (nSPS) is 10.7. The van der Waals surface area contributed by atoms with Gasteiger partial charge in [-0.15, -0.1) is 0 Å². The molecule has 0 saturated heterocycles. The lowest BCUT2D eigenvalue weighted by Gasteiger charge is -2.10. The molecule has 5 heteroatoms. The molecule has 3 nitrogen and oxygen atoms in total. The van der Waals surface area contributed by atoms with E-state index in [1.165, 1.54) is 7.11 Å². The Morgan fingerprint density at radius 2 is 1.86 bits per heavy atom. The van der Waals surface area contributed by atoms with Crippen molar-refractivity contribution in [1.82, 2.24) is 4.98 Å². The molecule has 0 N–H and O–H groups in total. The molecule has 1 aromatic heterocycles. The van der Waals surface area contributed by atoms with Gasteiger partial charge in [0.15, 0.2) is 0 Å². The molecule has 0 aliphatic heterocycles. The van der Waals surface area contributed by atoms with Gasteiger partial charge < -0.3 is 4.74 Å². The van der Waals surface area contributed by atoms with Crippen LogP contribution in [0.5, 0.6) is 0 Å². The molecule has 0 amide bonds. The van der Waals surface area contributed by atoms with Crippen LogP contribution < -0.4 is 0 Å². The van der Waals surface area contributed by atoms with E-state index >= 15 is 0 Å². The Hall–Kier alpha value is -2.10. The molecule has 0 saturated carbocycles. The summed E-state index contributed by atoms with van der Waals surface area (Å²) in [6.45, 7) is 0. The lowest BCUT2D eigenvalue weighted by Crippen LogP contribution is -2.00. The molecule has 3 rings (SSSR count). The number of carbonyl (C=O) groups is 1. The zero-order valence-corrected chi connectivity index (χ0v) is 13.2. The minimum atomic E-state index is -0.378. The van der Waals surface area contributed by atoms with E-state index in [0.29, 0.717) is 15.9 Å². The molecule has 0 aliphatic carbocycles. The number of halogens is 2. The van der Waals surface area contributed by atoms with E-state index in [1.807, 2.05) is 30.3 Å². The predicted molar refractivity (Wildman–Crippen MR) is 88.5 cm³/mol. The number of esters is 1. The van der Waals surface area contributed by atoms with Crippen LogP contribution in [0.25, 0.3) is 21.9 Å². The van der Waals surface area contributed by atoms with Crippen LogP contribution >= 0.6 is 23.2 Å². The van der Waals surface area contributed by atoms with Gasteiger partial charge >= 0.3 is 5.97 Å². The van der Waals surface area contributed by atoms with Crippen molar-refractivity contribution in [1.29, 1.82) is 0 Å². The third kappa shape index (κ3) is 2.65. The van der Waals surface area contributed by atoms with Crippen molar-refractivity contribution in [2.24, 2.45) is 0 Å². The van der Waals surface area contributed by atoms with Crippen LogP contribution in [0.4, 0.5) is 0 Å². The molecule has 0 aliphatic rings. The molecule has 0 spiro atoms. The third-order valence-electron chi connectivity index (χ3n) is 3.41. The Morgan fingerprint density at radius 3 is 2.59 bits per heavy atom. The van der Waals surface area contributed by atoms with Crippen molar-refractivity contribution in [3.05, 3.63) is 64.4 Å². The molecule has 110 valence electrons. The number of fused-ring (bicyclic) bond motifs is 1. The SMILES string of the molecule is COC(=O)c1ccc2cccc(-c3ccc(Cl)nc3Cl)c2c1. The first kappa shape index (κ1) is 14.8. The smallest absolute Gasteiger partial charge is 0.337 e. The fourth-order valence-corrected chi connectivity index (χ4v) is 2.81. The zero-order chi connectivity index (χ0) is 15.7. The highest BCUT2D eigenvalue weighted by molar-refractivity contribution is 6.34. The van der Waals surface area contributed by atoms with E-state index in [4.69, 9.17) is 27.9 Å². The fraction of sp³-hybridized carbons (Fsp3) is 0.0588. The molecule has 0 fully saturated rings. The number of nitrogens with zero attached hydrogens (tertiary/aromatic N) is 1. The number of aromatic nitrogens is 1. The van der Waals surface area contributed by atoms with Crippen molar-refractivity contribution >= 4 is 39.9 Å². The van der Waals surface area contributed by atoms with Gasteiger partial charge in [-0.25, -0.2) is 9.78 Å². The Bertz CT molecular complexity index is 878. The summed E-state index contributed by atoms with van der Waals surface area (Å²) in [6, 6.07) is 14.7. The third-order valence-corrected chi connectivity index (χ3v) is 3.91. The highest BCUT2D eigenvalue weighted by Gasteiger charge is 2.12. The topological polar surface area (TPSA) is 39.2 Å². The van der Waals surface area contributed by atoms with Crippen molar-refractivity contribution in [3.63, 3.8) is 0 Å². The molecule has 1 heterocycles. The lowest BCUT2D eigenvalue weighted by molar-refractivity contribution is 0.0601.